The van der Waals surface area contributed by atoms with Gasteiger partial charge in [0.15, 0.2) is 0 Å². The number of nitrogens with one attached hydrogen (secondary N) is 1. The van der Waals surface area contributed by atoms with Gasteiger partial charge in [-0.1, -0.05) is 12.8 Å². The maximum atomic E-state index is 11.7. The van der Waals surface area contributed by atoms with E-state index in [-0.39, 0.29) is 18.4 Å². The molecule has 1 spiro atoms. The van der Waals surface area contributed by atoms with Gasteiger partial charge in [-0.15, -0.1) is 0 Å². The molecule has 0 aromatic carbocycles. The molecule has 2 amide bonds. The Balaban J connectivity index is 2.30. The average Bonchev–Trinajstić information content (AvgIpc) is 2.59. The van der Waals surface area contributed by atoms with Crippen molar-refractivity contribution in [2.24, 2.45) is 0 Å². The molecule has 2 fully saturated rings. The highest BCUT2D eigenvalue weighted by Crippen LogP contribution is 2.35. The van der Waals surface area contributed by atoms with Crippen molar-refractivity contribution in [1.82, 2.24) is 10.2 Å². The Morgan fingerprint density at radius 3 is 2.54 bits per heavy atom. The second-order valence-electron chi connectivity index (χ2n) is 3.87. The zero-order chi connectivity index (χ0) is 9.47. The van der Waals surface area contributed by atoms with E-state index in [4.69, 9.17) is 0 Å². The first-order valence-electron chi connectivity index (χ1n) is 4.72. The quantitative estimate of drug-likeness (QED) is 0.568. The molecule has 2 rings (SSSR count). The maximum Gasteiger partial charge on any atom is 0.246 e. The van der Waals surface area contributed by atoms with Gasteiger partial charge in [0.1, 0.15) is 5.54 Å². The lowest BCUT2D eigenvalue weighted by atomic mass is 9.92. The molecule has 72 valence electrons. The molecule has 1 N–H and O–H groups in total. The molecule has 13 heavy (non-hydrogen) atoms. The topological polar surface area (TPSA) is 49.4 Å². The van der Waals surface area contributed by atoms with Crippen LogP contribution in [0.15, 0.2) is 0 Å². The maximum absolute atomic E-state index is 11.7. The van der Waals surface area contributed by atoms with Crippen LogP contribution in [0.1, 0.15) is 25.7 Å². The minimum absolute atomic E-state index is 0.0292. The molecule has 1 aliphatic heterocycles. The van der Waals surface area contributed by atoms with Crippen LogP contribution >= 0.6 is 0 Å². The number of hydrogen-bond acceptors (Lipinski definition) is 2. The molecule has 0 unspecified atom stereocenters. The summed E-state index contributed by atoms with van der Waals surface area (Å²) in [4.78, 5) is 24.7. The van der Waals surface area contributed by atoms with Crippen LogP contribution in [-0.2, 0) is 9.59 Å². The summed E-state index contributed by atoms with van der Waals surface area (Å²) in [6.45, 7) is 0.164. The van der Waals surface area contributed by atoms with Crippen molar-refractivity contribution in [3.63, 3.8) is 0 Å². The van der Waals surface area contributed by atoms with E-state index in [2.05, 4.69) is 5.32 Å². The molecule has 1 heterocycles. The summed E-state index contributed by atoms with van der Waals surface area (Å²) >= 11 is 0. The van der Waals surface area contributed by atoms with Crippen molar-refractivity contribution >= 4 is 11.8 Å². The largest absolute Gasteiger partial charge is 0.345 e. The van der Waals surface area contributed by atoms with Crippen molar-refractivity contribution in [3.05, 3.63) is 0 Å². The average molecular weight is 182 g/mol. The van der Waals surface area contributed by atoms with E-state index < -0.39 is 5.54 Å². The van der Waals surface area contributed by atoms with Gasteiger partial charge >= 0.3 is 0 Å². The third-order valence-electron chi connectivity index (χ3n) is 3.27. The first-order valence-corrected chi connectivity index (χ1v) is 4.72. The molecule has 0 bridgehead atoms. The van der Waals surface area contributed by atoms with E-state index in [9.17, 15) is 9.59 Å². The van der Waals surface area contributed by atoms with Gasteiger partial charge in [-0.05, 0) is 12.8 Å². The predicted octanol–water partition coefficient (Wildman–Crippen LogP) is -0.113. The predicted molar refractivity (Wildman–Crippen MR) is 47.0 cm³/mol. The number of piperazine rings is 1. The van der Waals surface area contributed by atoms with Crippen LogP contribution in [0.2, 0.25) is 0 Å². The third-order valence-corrected chi connectivity index (χ3v) is 3.27. The zero-order valence-corrected chi connectivity index (χ0v) is 7.80. The number of hydrogen-bond donors (Lipinski definition) is 1. The Morgan fingerprint density at radius 2 is 1.92 bits per heavy atom. The summed E-state index contributed by atoms with van der Waals surface area (Å²) in [5, 5.41) is 2.66. The van der Waals surface area contributed by atoms with E-state index in [0.29, 0.717) is 0 Å². The van der Waals surface area contributed by atoms with Crippen molar-refractivity contribution in [2.75, 3.05) is 13.6 Å². The number of carbonyl (C=O) groups excluding carboxylic acids is 2. The fraction of sp³-hybridized carbons (Fsp3) is 0.778. The third kappa shape index (κ3) is 1.04. The van der Waals surface area contributed by atoms with Gasteiger partial charge in [0, 0.05) is 7.05 Å². The number of rotatable bonds is 0. The van der Waals surface area contributed by atoms with Crippen molar-refractivity contribution < 1.29 is 9.59 Å². The molecule has 2 aliphatic rings. The van der Waals surface area contributed by atoms with Crippen LogP contribution in [0.4, 0.5) is 0 Å². The molecule has 0 atom stereocenters. The van der Waals surface area contributed by atoms with Crippen LogP contribution in [0.25, 0.3) is 0 Å². The van der Waals surface area contributed by atoms with Gasteiger partial charge in [0.25, 0.3) is 0 Å². The van der Waals surface area contributed by atoms with Crippen molar-refractivity contribution in [3.8, 4) is 0 Å². The monoisotopic (exact) mass is 182 g/mol. The zero-order valence-electron chi connectivity index (χ0n) is 7.80. The van der Waals surface area contributed by atoms with Crippen LogP contribution < -0.4 is 5.32 Å². The Bertz CT molecular complexity index is 256. The second-order valence-corrected chi connectivity index (χ2v) is 3.87. The van der Waals surface area contributed by atoms with Crippen LogP contribution in [0.5, 0.6) is 0 Å². The van der Waals surface area contributed by atoms with Crippen molar-refractivity contribution in [1.29, 1.82) is 0 Å². The SMILES string of the molecule is CN1C(=O)CNC(=O)C12CCCC2. The minimum Gasteiger partial charge on any atom is -0.345 e. The number of amides is 2. The Morgan fingerprint density at radius 1 is 1.31 bits per heavy atom. The molecular weight excluding hydrogens is 168 g/mol. The van der Waals surface area contributed by atoms with E-state index in [1.807, 2.05) is 0 Å². The van der Waals surface area contributed by atoms with Gasteiger partial charge in [-0.3, -0.25) is 9.59 Å². The lowest BCUT2D eigenvalue weighted by Gasteiger charge is -2.41. The summed E-state index contributed by atoms with van der Waals surface area (Å²) in [6.07, 6.45) is 3.73. The van der Waals surface area contributed by atoms with Crippen LogP contribution in [0.3, 0.4) is 0 Å². The van der Waals surface area contributed by atoms with Gasteiger partial charge < -0.3 is 10.2 Å². The molecule has 1 saturated carbocycles. The van der Waals surface area contributed by atoms with Crippen LogP contribution in [-0.4, -0.2) is 35.8 Å². The fourth-order valence-corrected chi connectivity index (χ4v) is 2.35. The lowest BCUT2D eigenvalue weighted by Crippen LogP contribution is -2.64. The van der Waals surface area contributed by atoms with Gasteiger partial charge in [0.2, 0.25) is 11.8 Å². The molecule has 1 aliphatic carbocycles. The molecule has 4 nitrogen and oxygen atoms in total. The van der Waals surface area contributed by atoms with E-state index in [0.717, 1.165) is 25.7 Å². The first-order chi connectivity index (χ1) is 6.17. The molecule has 4 heteroatoms. The highest BCUT2D eigenvalue weighted by atomic mass is 16.2. The molecule has 1 saturated heterocycles. The van der Waals surface area contributed by atoms with Crippen molar-refractivity contribution in [2.45, 2.75) is 31.2 Å². The highest BCUT2D eigenvalue weighted by molar-refractivity contribution is 5.97. The van der Waals surface area contributed by atoms with Gasteiger partial charge in [-0.25, -0.2) is 0 Å². The molecule has 0 radical (unpaired) electrons. The standard InChI is InChI=1S/C9H14N2O2/c1-11-7(12)6-10-8(13)9(11)4-2-3-5-9/h2-6H2,1H3,(H,10,13). The summed E-state index contributed by atoms with van der Waals surface area (Å²) < 4.78 is 0. The summed E-state index contributed by atoms with van der Waals surface area (Å²) in [5.41, 5.74) is -0.505. The van der Waals surface area contributed by atoms with Gasteiger partial charge in [0.05, 0.1) is 6.54 Å². The Kier molecular flexibility index (Phi) is 1.78. The summed E-state index contributed by atoms with van der Waals surface area (Å²) in [5.74, 6) is 0.0635. The smallest absolute Gasteiger partial charge is 0.246 e. The number of carbonyl (C=O) groups is 2. The normalized spacial score (nSPS) is 26.7. The summed E-state index contributed by atoms with van der Waals surface area (Å²) in [6, 6.07) is 0. The molecule has 0 aromatic heterocycles. The van der Waals surface area contributed by atoms with E-state index >= 15 is 0 Å². The molecule has 0 aromatic rings. The van der Waals surface area contributed by atoms with E-state index in [1.54, 1.807) is 11.9 Å². The highest BCUT2D eigenvalue weighted by Gasteiger charge is 2.48. The fourth-order valence-electron chi connectivity index (χ4n) is 2.35. The van der Waals surface area contributed by atoms with E-state index in [1.165, 1.54) is 0 Å². The first kappa shape index (κ1) is 8.53. The number of nitrogens with zero attached hydrogens (tertiary/aromatic N) is 1. The second kappa shape index (κ2) is 2.72. The van der Waals surface area contributed by atoms with Crippen LogP contribution in [0, 0.1) is 0 Å². The minimum atomic E-state index is -0.505. The summed E-state index contributed by atoms with van der Waals surface area (Å²) in [7, 11) is 1.74. The Hall–Kier alpha value is -1.06. The van der Waals surface area contributed by atoms with Gasteiger partial charge in [-0.2, -0.15) is 0 Å². The molecular formula is C9H14N2O2. The Labute approximate surface area is 77.3 Å². The lowest BCUT2D eigenvalue weighted by molar-refractivity contribution is -0.151. The number of likely N-dealkylation sites (N-methyl/N-ethyl adjacent to an activating group) is 1.